The molecule has 0 N–H and O–H groups in total. The van der Waals surface area contributed by atoms with E-state index < -0.39 is 0 Å². The fraction of sp³-hybridized carbons (Fsp3) is 0.176. The summed E-state index contributed by atoms with van der Waals surface area (Å²) >= 11 is 5.91. The van der Waals surface area contributed by atoms with Crippen LogP contribution in [-0.2, 0) is 0 Å². The Morgan fingerprint density at radius 1 is 1.10 bits per heavy atom. The molecule has 3 rings (SSSR count). The van der Waals surface area contributed by atoms with Gasteiger partial charge in [0.1, 0.15) is 0 Å². The van der Waals surface area contributed by atoms with E-state index in [4.69, 9.17) is 16.6 Å². The van der Waals surface area contributed by atoms with E-state index in [0.29, 0.717) is 0 Å². The van der Waals surface area contributed by atoms with E-state index in [1.807, 2.05) is 37.3 Å². The molecule has 1 unspecified atom stereocenters. The lowest BCUT2D eigenvalue weighted by Crippen LogP contribution is -2.25. The van der Waals surface area contributed by atoms with Crippen LogP contribution in [0.5, 0.6) is 0 Å². The Bertz CT molecular complexity index is 688. The lowest BCUT2D eigenvalue weighted by molar-refractivity contribution is 1.11. The normalized spacial score (nSPS) is 23.1. The predicted octanol–water partition coefficient (Wildman–Crippen LogP) is 4.90. The molecule has 0 saturated carbocycles. The van der Waals surface area contributed by atoms with Crippen LogP contribution in [0.2, 0.25) is 5.02 Å². The number of benzene rings is 1. The van der Waals surface area contributed by atoms with Gasteiger partial charge in [-0.05, 0) is 50.3 Å². The molecule has 3 heteroatoms. The fourth-order valence-corrected chi connectivity index (χ4v) is 2.50. The van der Waals surface area contributed by atoms with E-state index in [1.54, 1.807) is 0 Å². The number of nitrogens with zero attached hydrogens (tertiary/aromatic N) is 2. The summed E-state index contributed by atoms with van der Waals surface area (Å²) in [6.07, 6.45) is 8.42. The second kappa shape index (κ2) is 5.22. The zero-order valence-electron chi connectivity index (χ0n) is 11.5. The van der Waals surface area contributed by atoms with Gasteiger partial charge in [-0.1, -0.05) is 29.3 Å². The van der Waals surface area contributed by atoms with Crippen molar-refractivity contribution in [3.63, 3.8) is 0 Å². The van der Waals surface area contributed by atoms with Crippen molar-refractivity contribution in [2.75, 3.05) is 0 Å². The molecule has 1 aromatic carbocycles. The van der Waals surface area contributed by atoms with Crippen LogP contribution in [0.25, 0.3) is 0 Å². The maximum Gasteiger partial charge on any atom is 0.0634 e. The third-order valence-electron chi connectivity index (χ3n) is 3.33. The number of rotatable bonds is 1. The van der Waals surface area contributed by atoms with Gasteiger partial charge in [-0.15, -0.1) is 0 Å². The van der Waals surface area contributed by atoms with Crippen LogP contribution in [0.15, 0.2) is 69.8 Å². The maximum atomic E-state index is 5.91. The van der Waals surface area contributed by atoms with Crippen LogP contribution in [-0.4, -0.2) is 11.4 Å². The number of aliphatic imine (C=N–C) groups is 2. The van der Waals surface area contributed by atoms with Crippen molar-refractivity contribution in [1.29, 1.82) is 0 Å². The number of hydrogen-bond donors (Lipinski definition) is 0. The van der Waals surface area contributed by atoms with Crippen LogP contribution >= 0.6 is 11.6 Å². The Morgan fingerprint density at radius 2 is 1.85 bits per heavy atom. The zero-order chi connectivity index (χ0) is 14.1. The number of allylic oxidation sites excluding steroid dienone is 6. The van der Waals surface area contributed by atoms with Gasteiger partial charge in [0.05, 0.1) is 23.0 Å². The Morgan fingerprint density at radius 3 is 2.60 bits per heavy atom. The van der Waals surface area contributed by atoms with E-state index in [9.17, 15) is 0 Å². The molecule has 0 spiro atoms. The minimum absolute atomic E-state index is 0.152. The summed E-state index contributed by atoms with van der Waals surface area (Å²) in [6, 6.07) is 7.58. The SMILES string of the molecule is CC1=CC2C(=NC(C)=CC2=Nc2ccc(Cl)cc2)C=C1. The van der Waals surface area contributed by atoms with Crippen molar-refractivity contribution in [2.45, 2.75) is 13.8 Å². The Kier molecular flexibility index (Phi) is 3.41. The molecule has 0 radical (unpaired) electrons. The predicted molar refractivity (Wildman–Crippen MR) is 86.1 cm³/mol. The topological polar surface area (TPSA) is 24.7 Å². The molecule has 1 aliphatic carbocycles. The molecular weight excluding hydrogens is 268 g/mol. The second-order valence-electron chi connectivity index (χ2n) is 5.06. The Balaban J connectivity index is 2.02. The first kappa shape index (κ1) is 13.1. The average molecular weight is 283 g/mol. The molecule has 1 atom stereocenters. The maximum absolute atomic E-state index is 5.91. The Hall–Kier alpha value is -1.93. The van der Waals surface area contributed by atoms with Gasteiger partial charge < -0.3 is 0 Å². The van der Waals surface area contributed by atoms with Crippen LogP contribution in [0.1, 0.15) is 13.8 Å². The van der Waals surface area contributed by atoms with E-state index >= 15 is 0 Å². The molecule has 2 nitrogen and oxygen atoms in total. The lowest BCUT2D eigenvalue weighted by Gasteiger charge is -2.22. The standard InChI is InChI=1S/C17H15ClN2/c1-11-3-8-16-15(9-11)17(10-12(2)19-16)20-14-6-4-13(18)5-7-14/h3-10,15H,1-2H3. The molecule has 0 bridgehead atoms. The lowest BCUT2D eigenvalue weighted by atomic mass is 9.88. The minimum atomic E-state index is 0.152. The third kappa shape index (κ3) is 2.66. The molecule has 2 aliphatic rings. The van der Waals surface area contributed by atoms with Crippen LogP contribution in [0.3, 0.4) is 0 Å². The molecular formula is C17H15ClN2. The third-order valence-corrected chi connectivity index (χ3v) is 3.58. The first-order valence-corrected chi connectivity index (χ1v) is 6.97. The molecule has 0 fully saturated rings. The highest BCUT2D eigenvalue weighted by Crippen LogP contribution is 2.25. The minimum Gasteiger partial charge on any atom is -0.257 e. The summed E-state index contributed by atoms with van der Waals surface area (Å²) in [5.41, 5.74) is 5.23. The average Bonchev–Trinajstić information content (AvgIpc) is 2.42. The Labute approximate surface area is 123 Å². The van der Waals surface area contributed by atoms with Gasteiger partial charge in [0.2, 0.25) is 0 Å². The molecule has 1 heterocycles. The zero-order valence-corrected chi connectivity index (χ0v) is 12.2. The van der Waals surface area contributed by atoms with Crippen molar-refractivity contribution in [3.05, 3.63) is 64.9 Å². The first-order valence-electron chi connectivity index (χ1n) is 6.59. The summed E-state index contributed by atoms with van der Waals surface area (Å²) in [5.74, 6) is 0.152. The van der Waals surface area contributed by atoms with Crippen LogP contribution in [0.4, 0.5) is 5.69 Å². The molecule has 20 heavy (non-hydrogen) atoms. The van der Waals surface area contributed by atoms with Crippen molar-refractivity contribution in [1.82, 2.24) is 0 Å². The molecule has 100 valence electrons. The molecule has 0 amide bonds. The summed E-state index contributed by atoms with van der Waals surface area (Å²) in [5, 5.41) is 0.725. The van der Waals surface area contributed by atoms with Gasteiger partial charge in [0, 0.05) is 10.7 Å². The van der Waals surface area contributed by atoms with E-state index in [2.05, 4.69) is 30.1 Å². The quantitative estimate of drug-likeness (QED) is 0.700. The van der Waals surface area contributed by atoms with Crippen molar-refractivity contribution < 1.29 is 0 Å². The number of hydrogen-bond acceptors (Lipinski definition) is 2. The fourth-order valence-electron chi connectivity index (χ4n) is 2.37. The van der Waals surface area contributed by atoms with Crippen LogP contribution in [0, 0.1) is 5.92 Å². The first-order chi connectivity index (χ1) is 9.61. The van der Waals surface area contributed by atoms with Crippen molar-refractivity contribution >= 4 is 28.7 Å². The van der Waals surface area contributed by atoms with E-state index in [1.165, 1.54) is 5.57 Å². The molecule has 0 aromatic heterocycles. The van der Waals surface area contributed by atoms with Gasteiger partial charge in [-0.25, -0.2) is 0 Å². The van der Waals surface area contributed by atoms with Gasteiger partial charge in [0.15, 0.2) is 0 Å². The van der Waals surface area contributed by atoms with E-state index in [0.717, 1.165) is 27.8 Å². The molecule has 1 aromatic rings. The van der Waals surface area contributed by atoms with Gasteiger partial charge in [0.25, 0.3) is 0 Å². The van der Waals surface area contributed by atoms with Gasteiger partial charge >= 0.3 is 0 Å². The van der Waals surface area contributed by atoms with Gasteiger partial charge in [-0.2, -0.15) is 0 Å². The smallest absolute Gasteiger partial charge is 0.0634 e. The second-order valence-corrected chi connectivity index (χ2v) is 5.49. The summed E-state index contributed by atoms with van der Waals surface area (Å²) < 4.78 is 0. The monoisotopic (exact) mass is 282 g/mol. The van der Waals surface area contributed by atoms with Gasteiger partial charge in [-0.3, -0.25) is 9.98 Å². The largest absolute Gasteiger partial charge is 0.257 e. The van der Waals surface area contributed by atoms with Crippen molar-refractivity contribution in [2.24, 2.45) is 15.9 Å². The van der Waals surface area contributed by atoms with Crippen LogP contribution < -0.4 is 0 Å². The summed E-state index contributed by atoms with van der Waals surface area (Å²) in [6.45, 7) is 4.10. The highest BCUT2D eigenvalue weighted by Gasteiger charge is 2.23. The summed E-state index contributed by atoms with van der Waals surface area (Å²) in [4.78, 5) is 9.34. The molecule has 1 aliphatic heterocycles. The number of halogens is 1. The number of fused-ring (bicyclic) bond motifs is 1. The highest BCUT2D eigenvalue weighted by atomic mass is 35.5. The molecule has 0 saturated heterocycles. The highest BCUT2D eigenvalue weighted by molar-refractivity contribution is 6.30. The summed E-state index contributed by atoms with van der Waals surface area (Å²) in [7, 11) is 0. The van der Waals surface area contributed by atoms with Crippen molar-refractivity contribution in [3.8, 4) is 0 Å². The van der Waals surface area contributed by atoms with E-state index in [-0.39, 0.29) is 5.92 Å².